The van der Waals surface area contributed by atoms with E-state index in [0.29, 0.717) is 23.3 Å². The number of thiophene rings is 2. The fourth-order valence-corrected chi connectivity index (χ4v) is 8.77. The Bertz CT molecular complexity index is 2880. The van der Waals surface area contributed by atoms with Crippen LogP contribution in [0, 0.1) is 5.82 Å². The van der Waals surface area contributed by atoms with Gasteiger partial charge in [-0.15, -0.1) is 22.7 Å². The number of aromatic nitrogens is 5. The highest BCUT2D eigenvalue weighted by Crippen LogP contribution is 2.43. The van der Waals surface area contributed by atoms with Crippen LogP contribution in [0.5, 0.6) is 0 Å². The minimum atomic E-state index is -0.295. The third kappa shape index (κ3) is 5.58. The van der Waals surface area contributed by atoms with E-state index < -0.39 is 0 Å². The molecule has 0 spiro atoms. The monoisotopic (exact) mass is 709 g/mol. The molecule has 9 aromatic rings. The molecule has 8 heteroatoms. The van der Waals surface area contributed by atoms with Crippen LogP contribution < -0.4 is 9.75 Å². The summed E-state index contributed by atoms with van der Waals surface area (Å²) >= 11 is 3.29. The third-order valence-electron chi connectivity index (χ3n) is 8.92. The fraction of sp³-hybridized carbons (Fsp3) is 0.0227. The van der Waals surface area contributed by atoms with Crippen LogP contribution >= 0.6 is 22.7 Å². The number of benzene rings is 5. The Kier molecular flexibility index (Phi) is 8.03. The molecule has 0 fully saturated rings. The van der Waals surface area contributed by atoms with E-state index in [1.807, 2.05) is 91.9 Å². The topological polar surface area (TPSA) is 64.5 Å². The van der Waals surface area contributed by atoms with Gasteiger partial charge in [-0.25, -0.2) is 29.3 Å². The molecule has 0 saturated carbocycles. The highest BCUT2D eigenvalue weighted by molar-refractivity contribution is 7.26. The molecule has 52 heavy (non-hydrogen) atoms. The third-order valence-corrected chi connectivity index (χ3v) is 11.3. The second kappa shape index (κ2) is 13.2. The molecule has 0 aliphatic carbocycles. The summed E-state index contributed by atoms with van der Waals surface area (Å²) in [5.74, 6) is 2.12. The zero-order valence-corrected chi connectivity index (χ0v) is 29.5. The van der Waals surface area contributed by atoms with Gasteiger partial charge in [0.25, 0.3) is 0 Å². The quantitative estimate of drug-likeness (QED) is 0.172. The summed E-state index contributed by atoms with van der Waals surface area (Å²) in [7, 11) is 0. The molecule has 0 atom stereocenters. The van der Waals surface area contributed by atoms with Crippen molar-refractivity contribution in [2.45, 2.75) is 6.92 Å². The van der Waals surface area contributed by atoms with Crippen molar-refractivity contribution in [1.82, 2.24) is 24.9 Å². The summed E-state index contributed by atoms with van der Waals surface area (Å²) in [6.45, 7) is 6.41. The molecule has 5 nitrogen and oxygen atoms in total. The number of halogens is 1. The fourth-order valence-electron chi connectivity index (χ4n) is 6.42. The van der Waals surface area contributed by atoms with Gasteiger partial charge in [0.2, 0.25) is 0 Å². The first-order valence-corrected chi connectivity index (χ1v) is 18.4. The second-order valence-electron chi connectivity index (χ2n) is 12.2. The van der Waals surface area contributed by atoms with E-state index in [-0.39, 0.29) is 5.82 Å². The van der Waals surface area contributed by atoms with E-state index in [1.54, 1.807) is 34.8 Å². The molecule has 4 aromatic heterocycles. The first-order chi connectivity index (χ1) is 25.6. The van der Waals surface area contributed by atoms with Gasteiger partial charge in [0, 0.05) is 57.7 Å². The van der Waals surface area contributed by atoms with Crippen molar-refractivity contribution < 1.29 is 4.39 Å². The first kappa shape index (κ1) is 31.7. The lowest BCUT2D eigenvalue weighted by Gasteiger charge is -2.10. The predicted octanol–water partition coefficient (Wildman–Crippen LogP) is 10.5. The molecule has 0 radical (unpaired) electrons. The minimum absolute atomic E-state index is 0.295. The van der Waals surface area contributed by atoms with Crippen molar-refractivity contribution in [3.8, 4) is 56.8 Å². The molecule has 0 N–H and O–H groups in total. The van der Waals surface area contributed by atoms with Crippen molar-refractivity contribution in [3.05, 3.63) is 149 Å². The summed E-state index contributed by atoms with van der Waals surface area (Å²) in [6.07, 6.45) is 6.03. The van der Waals surface area contributed by atoms with Gasteiger partial charge in [0.1, 0.15) is 5.82 Å². The zero-order chi connectivity index (χ0) is 35.2. The van der Waals surface area contributed by atoms with E-state index in [4.69, 9.17) is 24.9 Å². The lowest BCUT2D eigenvalue weighted by Crippen LogP contribution is -2.16. The van der Waals surface area contributed by atoms with Crippen LogP contribution in [0.4, 0.5) is 4.39 Å². The molecular formula is C44H28FN5S2. The van der Waals surface area contributed by atoms with Crippen molar-refractivity contribution in [3.63, 3.8) is 0 Å². The maximum atomic E-state index is 14.1. The van der Waals surface area contributed by atoms with Crippen molar-refractivity contribution in [1.29, 1.82) is 0 Å². The largest absolute Gasteiger partial charge is 0.226 e. The van der Waals surface area contributed by atoms with E-state index >= 15 is 0 Å². The van der Waals surface area contributed by atoms with Gasteiger partial charge in [-0.2, -0.15) is 0 Å². The van der Waals surface area contributed by atoms with Crippen LogP contribution in [0.1, 0.15) is 6.92 Å². The van der Waals surface area contributed by atoms with Gasteiger partial charge in [-0.05, 0) is 49.4 Å². The molecular weight excluding hydrogens is 682 g/mol. The van der Waals surface area contributed by atoms with Gasteiger partial charge in [0.15, 0.2) is 23.3 Å². The van der Waals surface area contributed by atoms with Gasteiger partial charge >= 0.3 is 0 Å². The molecule has 0 amide bonds. The number of fused-ring (bicyclic) bond motifs is 4. The van der Waals surface area contributed by atoms with Crippen molar-refractivity contribution in [2.24, 2.45) is 0 Å². The SMILES string of the molecule is C=c1/c(=C\C=C/C)sc2c(-c3ccc(F)cc3)nc(-c3cccc4c3sc3cccc(-c5nc(-c6ccccc6)nc(-c6ccccc6)n5)c34)nc12. The molecule has 9 rings (SSSR count). The second-order valence-corrected chi connectivity index (χ2v) is 14.3. The average Bonchev–Trinajstić information content (AvgIpc) is 3.74. The molecule has 0 unspecified atom stereocenters. The molecule has 0 bridgehead atoms. The van der Waals surface area contributed by atoms with E-state index in [0.717, 1.165) is 73.7 Å². The van der Waals surface area contributed by atoms with Gasteiger partial charge in [-0.1, -0.05) is 104 Å². The average molecular weight is 710 g/mol. The van der Waals surface area contributed by atoms with E-state index in [9.17, 15) is 4.39 Å². The summed E-state index contributed by atoms with van der Waals surface area (Å²) in [4.78, 5) is 25.4. The number of hydrogen-bond acceptors (Lipinski definition) is 7. The standard InChI is InChI=1S/C44H28FN5S2/c1-3-4-20-34-26(2)37-40(51-34)38(27-22-24-30(45)25-23-27)47-44(46-37)33-19-11-17-31-36-32(18-12-21-35(36)52-39(31)33)43-49-41(28-13-7-5-8-14-28)48-42(50-43)29-15-9-6-10-16-29/h3-25H,2H2,1H3/b4-3-,34-20+. The lowest BCUT2D eigenvalue weighted by molar-refractivity contribution is 0.628. The summed E-state index contributed by atoms with van der Waals surface area (Å²) in [6, 6.07) is 39.0. The summed E-state index contributed by atoms with van der Waals surface area (Å²) < 4.78 is 18.1. The zero-order valence-electron chi connectivity index (χ0n) is 27.9. The maximum absolute atomic E-state index is 14.1. The van der Waals surface area contributed by atoms with Gasteiger partial charge in [-0.3, -0.25) is 0 Å². The normalized spacial score (nSPS) is 12.2. The molecule has 4 heterocycles. The molecule has 0 aliphatic heterocycles. The minimum Gasteiger partial charge on any atom is -0.226 e. The Morgan fingerprint density at radius 3 is 1.90 bits per heavy atom. The Morgan fingerprint density at radius 2 is 1.21 bits per heavy atom. The molecule has 0 aliphatic rings. The summed E-state index contributed by atoms with van der Waals surface area (Å²) in [5.41, 5.74) is 6.02. The van der Waals surface area contributed by atoms with Crippen LogP contribution in [-0.4, -0.2) is 24.9 Å². The lowest BCUT2D eigenvalue weighted by atomic mass is 10.0. The summed E-state index contributed by atoms with van der Waals surface area (Å²) in [5, 5.41) is 2.96. The highest BCUT2D eigenvalue weighted by atomic mass is 32.1. The Balaban J connectivity index is 1.28. The number of allylic oxidation sites excluding steroid dienone is 2. The molecule has 5 aromatic carbocycles. The Labute approximate surface area is 306 Å². The first-order valence-electron chi connectivity index (χ1n) is 16.8. The molecule has 248 valence electrons. The number of rotatable bonds is 6. The van der Waals surface area contributed by atoms with Crippen LogP contribution in [-0.2, 0) is 0 Å². The smallest absolute Gasteiger partial charge is 0.164 e. The van der Waals surface area contributed by atoms with Crippen LogP contribution in [0.15, 0.2) is 133 Å². The maximum Gasteiger partial charge on any atom is 0.164 e. The van der Waals surface area contributed by atoms with Gasteiger partial charge in [0.05, 0.1) is 15.9 Å². The highest BCUT2D eigenvalue weighted by Gasteiger charge is 2.21. The number of nitrogens with zero attached hydrogens (tertiary/aromatic N) is 5. The van der Waals surface area contributed by atoms with E-state index in [1.165, 1.54) is 12.1 Å². The number of hydrogen-bond donors (Lipinski definition) is 0. The van der Waals surface area contributed by atoms with Crippen LogP contribution in [0.25, 0.3) is 99.9 Å². The van der Waals surface area contributed by atoms with Crippen molar-refractivity contribution >= 4 is 65.7 Å². The Hall–Kier alpha value is -6.22. The predicted molar refractivity (Wildman–Crippen MR) is 215 cm³/mol. The Morgan fingerprint density at radius 1 is 0.577 bits per heavy atom. The van der Waals surface area contributed by atoms with Crippen molar-refractivity contribution in [2.75, 3.05) is 0 Å². The van der Waals surface area contributed by atoms with Gasteiger partial charge < -0.3 is 0 Å². The van der Waals surface area contributed by atoms with Crippen LogP contribution in [0.3, 0.4) is 0 Å². The van der Waals surface area contributed by atoms with E-state index in [2.05, 4.69) is 36.9 Å². The van der Waals surface area contributed by atoms with Crippen LogP contribution in [0.2, 0.25) is 0 Å². The molecule has 0 saturated heterocycles.